The topological polar surface area (TPSA) is 89.5 Å². The lowest BCUT2D eigenvalue weighted by atomic mass is 9.92. The minimum Gasteiger partial charge on any atom is -0.497 e. The summed E-state index contributed by atoms with van der Waals surface area (Å²) < 4.78 is 16.4. The molecule has 1 aliphatic rings. The van der Waals surface area contributed by atoms with Crippen molar-refractivity contribution in [1.29, 1.82) is 0 Å². The number of ether oxygens (including phenoxy) is 3. The molecule has 0 bridgehead atoms. The van der Waals surface area contributed by atoms with Crippen LogP contribution in [0.4, 0.5) is 4.79 Å². The van der Waals surface area contributed by atoms with E-state index in [2.05, 4.69) is 24.3 Å². The third-order valence-electron chi connectivity index (χ3n) is 5.30. The van der Waals surface area contributed by atoms with E-state index in [0.717, 1.165) is 11.4 Å². The summed E-state index contributed by atoms with van der Waals surface area (Å²) in [6, 6.07) is 11.7. The van der Waals surface area contributed by atoms with Crippen LogP contribution in [0.1, 0.15) is 38.3 Å². The summed E-state index contributed by atoms with van der Waals surface area (Å²) in [5.74, 6) is 1.92. The first-order chi connectivity index (χ1) is 15.3. The fourth-order valence-electron chi connectivity index (χ4n) is 3.26. The average Bonchev–Trinajstić information content (AvgIpc) is 3.01. The highest BCUT2D eigenvalue weighted by atomic mass is 16.5. The van der Waals surface area contributed by atoms with Gasteiger partial charge >= 0.3 is 6.03 Å². The van der Waals surface area contributed by atoms with Gasteiger partial charge in [0.2, 0.25) is 0 Å². The van der Waals surface area contributed by atoms with E-state index < -0.39 is 17.5 Å². The fourth-order valence-corrected chi connectivity index (χ4v) is 3.26. The van der Waals surface area contributed by atoms with Crippen molar-refractivity contribution in [3.63, 3.8) is 0 Å². The number of nitrogens with zero attached hydrogens (tertiary/aromatic N) is 2. The highest BCUT2D eigenvalue weighted by Crippen LogP contribution is 2.31. The largest absolute Gasteiger partial charge is 0.497 e. The second-order valence-corrected chi connectivity index (χ2v) is 8.09. The molecule has 0 aliphatic carbocycles. The molecule has 0 radical (unpaired) electrons. The third-order valence-corrected chi connectivity index (χ3v) is 5.30. The molecule has 0 aromatic heterocycles. The fraction of sp³-hybridized carbons (Fsp3) is 0.375. The Hall–Kier alpha value is -3.55. The van der Waals surface area contributed by atoms with Gasteiger partial charge in [-0.15, -0.1) is 5.01 Å². The number of urea groups is 1. The Morgan fingerprint density at radius 3 is 2.41 bits per heavy atom. The quantitative estimate of drug-likeness (QED) is 0.472. The smallest absolute Gasteiger partial charge is 0.346 e. The zero-order chi connectivity index (χ0) is 23.3. The van der Waals surface area contributed by atoms with Crippen molar-refractivity contribution >= 4 is 18.2 Å². The minimum atomic E-state index is -1.22. The molecule has 8 nitrogen and oxygen atoms in total. The maximum atomic E-state index is 13.0. The Labute approximate surface area is 188 Å². The molecule has 1 heterocycles. The van der Waals surface area contributed by atoms with E-state index in [1.807, 2.05) is 0 Å². The summed E-state index contributed by atoms with van der Waals surface area (Å²) in [6.07, 6.45) is 2.38. The Balaban J connectivity index is 1.75. The van der Waals surface area contributed by atoms with Crippen LogP contribution in [0, 0.1) is 5.92 Å². The molecular weight excluding hydrogens is 410 g/mol. The van der Waals surface area contributed by atoms with E-state index in [0.29, 0.717) is 40.9 Å². The van der Waals surface area contributed by atoms with Crippen LogP contribution in [-0.2, 0) is 10.3 Å². The highest BCUT2D eigenvalue weighted by Gasteiger charge is 2.49. The molecule has 1 saturated heterocycles. The molecule has 32 heavy (non-hydrogen) atoms. The van der Waals surface area contributed by atoms with Gasteiger partial charge in [-0.05, 0) is 60.7 Å². The molecule has 3 amide bonds. The molecular formula is C24H29N3O5. The van der Waals surface area contributed by atoms with Gasteiger partial charge in [0.1, 0.15) is 11.3 Å². The molecule has 8 heteroatoms. The molecule has 1 N–H and O–H groups in total. The van der Waals surface area contributed by atoms with Crippen LogP contribution in [0.3, 0.4) is 0 Å². The summed E-state index contributed by atoms with van der Waals surface area (Å²) in [7, 11) is 3.12. The Morgan fingerprint density at radius 1 is 1.06 bits per heavy atom. The Kier molecular flexibility index (Phi) is 7.02. The molecule has 170 valence electrons. The number of carbonyl (C=O) groups is 2. The number of nitrogens with one attached hydrogen (secondary N) is 1. The summed E-state index contributed by atoms with van der Waals surface area (Å²) in [5, 5.41) is 7.69. The van der Waals surface area contributed by atoms with Crippen LogP contribution in [0.5, 0.6) is 17.2 Å². The van der Waals surface area contributed by atoms with Gasteiger partial charge in [0.25, 0.3) is 5.91 Å². The van der Waals surface area contributed by atoms with E-state index in [9.17, 15) is 9.59 Å². The number of hydrazone groups is 1. The van der Waals surface area contributed by atoms with Crippen molar-refractivity contribution in [3.8, 4) is 17.2 Å². The molecule has 1 fully saturated rings. The first kappa shape index (κ1) is 23.1. The van der Waals surface area contributed by atoms with Crippen LogP contribution in [0.15, 0.2) is 47.6 Å². The van der Waals surface area contributed by atoms with Crippen molar-refractivity contribution in [3.05, 3.63) is 53.6 Å². The molecule has 3 rings (SSSR count). The van der Waals surface area contributed by atoms with Crippen LogP contribution >= 0.6 is 0 Å². The van der Waals surface area contributed by atoms with Gasteiger partial charge in [-0.25, -0.2) is 4.79 Å². The average molecular weight is 440 g/mol. The Bertz CT molecular complexity index is 1000. The van der Waals surface area contributed by atoms with Crippen molar-refractivity contribution in [1.82, 2.24) is 10.3 Å². The van der Waals surface area contributed by atoms with Gasteiger partial charge in [0.15, 0.2) is 11.5 Å². The van der Waals surface area contributed by atoms with Gasteiger partial charge < -0.3 is 19.5 Å². The third kappa shape index (κ3) is 4.85. The number of carbonyl (C=O) groups excluding carboxylic acids is 2. The van der Waals surface area contributed by atoms with Gasteiger partial charge in [0.05, 0.1) is 27.0 Å². The number of imide groups is 1. The minimum absolute atomic E-state index is 0.468. The maximum Gasteiger partial charge on any atom is 0.346 e. The summed E-state index contributed by atoms with van der Waals surface area (Å²) in [4.78, 5) is 25.5. The molecule has 1 atom stereocenters. The van der Waals surface area contributed by atoms with E-state index in [-0.39, 0.29) is 0 Å². The van der Waals surface area contributed by atoms with Gasteiger partial charge in [0, 0.05) is 0 Å². The zero-order valence-corrected chi connectivity index (χ0v) is 19.0. The van der Waals surface area contributed by atoms with E-state index in [1.54, 1.807) is 63.6 Å². The summed E-state index contributed by atoms with van der Waals surface area (Å²) >= 11 is 0. The number of hydrogen-bond acceptors (Lipinski definition) is 6. The first-order valence-electron chi connectivity index (χ1n) is 10.4. The van der Waals surface area contributed by atoms with Crippen molar-refractivity contribution < 1.29 is 23.8 Å². The lowest BCUT2D eigenvalue weighted by Gasteiger charge is -2.21. The molecule has 0 unspecified atom stereocenters. The second kappa shape index (κ2) is 9.72. The van der Waals surface area contributed by atoms with Gasteiger partial charge in [-0.1, -0.05) is 26.0 Å². The van der Waals surface area contributed by atoms with Crippen LogP contribution in [0.25, 0.3) is 0 Å². The van der Waals surface area contributed by atoms with Crippen molar-refractivity contribution in [2.45, 2.75) is 32.7 Å². The van der Waals surface area contributed by atoms with Crippen LogP contribution in [-0.4, -0.2) is 44.0 Å². The summed E-state index contributed by atoms with van der Waals surface area (Å²) in [5.41, 5.74) is 0.0857. The van der Waals surface area contributed by atoms with E-state index >= 15 is 0 Å². The number of methoxy groups -OCH3 is 2. The van der Waals surface area contributed by atoms with Crippen molar-refractivity contribution in [2.75, 3.05) is 20.8 Å². The standard InChI is InChI=1S/C24H29N3O5/c1-16(2)12-13-32-20-11-6-17(14-21(20)31-5)15-25-27-22(28)24(3,26-23(27)29)18-7-9-19(30-4)10-8-18/h6-11,14-16H,12-13H2,1-5H3,(H,26,29)/b25-15-/t24-/m0/s1. The molecule has 0 spiro atoms. The number of amides is 3. The van der Waals surface area contributed by atoms with Crippen LogP contribution in [0.2, 0.25) is 0 Å². The number of rotatable bonds is 9. The lowest BCUT2D eigenvalue weighted by Crippen LogP contribution is -2.40. The van der Waals surface area contributed by atoms with E-state index in [1.165, 1.54) is 6.21 Å². The molecule has 0 saturated carbocycles. The van der Waals surface area contributed by atoms with Crippen LogP contribution < -0.4 is 19.5 Å². The van der Waals surface area contributed by atoms with Gasteiger partial charge in [-0.3, -0.25) is 4.79 Å². The van der Waals surface area contributed by atoms with E-state index in [4.69, 9.17) is 14.2 Å². The first-order valence-corrected chi connectivity index (χ1v) is 10.4. The SMILES string of the molecule is COc1ccc([C@]2(C)NC(=O)N(/N=C\c3ccc(OCCC(C)C)c(OC)c3)C2=O)cc1. The second-order valence-electron chi connectivity index (χ2n) is 8.09. The Morgan fingerprint density at radius 2 is 1.78 bits per heavy atom. The lowest BCUT2D eigenvalue weighted by molar-refractivity contribution is -0.131. The predicted octanol–water partition coefficient (Wildman–Crippen LogP) is 3.93. The highest BCUT2D eigenvalue weighted by molar-refractivity contribution is 6.07. The molecule has 2 aromatic rings. The van der Waals surface area contributed by atoms with Crippen molar-refractivity contribution in [2.24, 2.45) is 11.0 Å². The maximum absolute atomic E-state index is 13.0. The molecule has 2 aromatic carbocycles. The van der Waals surface area contributed by atoms with Gasteiger partial charge in [-0.2, -0.15) is 5.10 Å². The summed E-state index contributed by atoms with van der Waals surface area (Å²) in [6.45, 7) is 6.51. The molecule has 1 aliphatic heterocycles. The normalized spacial score (nSPS) is 18.4. The predicted molar refractivity (Wildman–Crippen MR) is 121 cm³/mol. The zero-order valence-electron chi connectivity index (χ0n) is 19.0. The monoisotopic (exact) mass is 439 g/mol. The number of hydrogen-bond donors (Lipinski definition) is 1. The number of benzene rings is 2.